The van der Waals surface area contributed by atoms with E-state index >= 15 is 0 Å². The number of piperazine rings is 2. The van der Waals surface area contributed by atoms with E-state index in [1.54, 1.807) is 12.1 Å². The SMILES string of the molecule is N#Cc1ccccc1S(=O)(=O)N1CCN(c2ccc(N3CCN(CCO)CC3)nn2)CC1. The lowest BCUT2D eigenvalue weighted by molar-refractivity contribution is 0.188. The highest BCUT2D eigenvalue weighted by atomic mass is 32.2. The molecule has 0 saturated carbocycles. The third kappa shape index (κ3) is 4.68. The predicted octanol–water partition coefficient (Wildman–Crippen LogP) is -0.0265. The summed E-state index contributed by atoms with van der Waals surface area (Å²) in [6.45, 7) is 5.96. The van der Waals surface area contributed by atoms with Crippen LogP contribution in [0, 0.1) is 11.3 Å². The number of aliphatic hydroxyl groups excluding tert-OH is 1. The van der Waals surface area contributed by atoms with Crippen LogP contribution in [-0.4, -0.2) is 98.4 Å². The number of anilines is 2. The van der Waals surface area contributed by atoms with Crippen molar-refractivity contribution in [1.82, 2.24) is 19.4 Å². The van der Waals surface area contributed by atoms with E-state index in [1.165, 1.54) is 16.4 Å². The first-order valence-corrected chi connectivity index (χ1v) is 12.1. The lowest BCUT2D eigenvalue weighted by Crippen LogP contribution is -2.49. The summed E-state index contributed by atoms with van der Waals surface area (Å²) in [5.74, 6) is 1.55. The first kappa shape index (κ1) is 22.4. The van der Waals surface area contributed by atoms with E-state index in [0.717, 1.165) is 37.8 Å². The van der Waals surface area contributed by atoms with Gasteiger partial charge in [-0.05, 0) is 24.3 Å². The van der Waals surface area contributed by atoms with E-state index in [-0.39, 0.29) is 17.1 Å². The van der Waals surface area contributed by atoms with E-state index in [2.05, 4.69) is 20.0 Å². The second-order valence-corrected chi connectivity index (χ2v) is 9.71. The van der Waals surface area contributed by atoms with Crippen LogP contribution in [0.4, 0.5) is 11.6 Å². The molecule has 4 rings (SSSR count). The van der Waals surface area contributed by atoms with Crippen molar-refractivity contribution in [3.8, 4) is 6.07 Å². The molecule has 0 bridgehead atoms. The number of aromatic nitrogens is 2. The standard InChI is InChI=1S/C21H27N7O3S/c22-17-18-3-1-2-4-19(18)32(30,31)28-13-11-27(12-14-28)21-6-5-20(23-24-21)26-9-7-25(8-10-26)15-16-29/h1-6,29H,7-16H2. The molecule has 32 heavy (non-hydrogen) atoms. The van der Waals surface area contributed by atoms with Crippen molar-refractivity contribution in [2.45, 2.75) is 4.90 Å². The van der Waals surface area contributed by atoms with E-state index in [4.69, 9.17) is 5.11 Å². The maximum Gasteiger partial charge on any atom is 0.244 e. The predicted molar refractivity (Wildman–Crippen MR) is 120 cm³/mol. The number of benzene rings is 1. The highest BCUT2D eigenvalue weighted by molar-refractivity contribution is 7.89. The number of rotatable bonds is 6. The Bertz CT molecular complexity index is 1060. The number of hydrogen-bond donors (Lipinski definition) is 1. The molecule has 1 N–H and O–H groups in total. The molecule has 10 nitrogen and oxygen atoms in total. The Morgan fingerprint density at radius 3 is 1.97 bits per heavy atom. The van der Waals surface area contributed by atoms with E-state index in [1.807, 2.05) is 23.1 Å². The first-order valence-electron chi connectivity index (χ1n) is 10.7. The summed E-state index contributed by atoms with van der Waals surface area (Å²) in [6.07, 6.45) is 0. The Morgan fingerprint density at radius 1 is 0.875 bits per heavy atom. The van der Waals surface area contributed by atoms with Crippen LogP contribution < -0.4 is 9.80 Å². The molecule has 2 aliphatic rings. The number of hydrogen-bond acceptors (Lipinski definition) is 9. The molecule has 0 spiro atoms. The van der Waals surface area contributed by atoms with Gasteiger partial charge >= 0.3 is 0 Å². The largest absolute Gasteiger partial charge is 0.395 e. The second kappa shape index (κ2) is 9.79. The van der Waals surface area contributed by atoms with E-state index in [0.29, 0.717) is 32.7 Å². The van der Waals surface area contributed by atoms with E-state index < -0.39 is 10.0 Å². The quantitative estimate of drug-likeness (QED) is 0.638. The van der Waals surface area contributed by atoms with Crippen molar-refractivity contribution < 1.29 is 13.5 Å². The van der Waals surface area contributed by atoms with Crippen LogP contribution in [0.1, 0.15) is 5.56 Å². The zero-order chi connectivity index (χ0) is 22.6. The average molecular weight is 458 g/mol. The number of sulfonamides is 1. The van der Waals surface area contributed by atoms with Crippen LogP contribution in [0.3, 0.4) is 0 Å². The minimum absolute atomic E-state index is 0.0548. The maximum absolute atomic E-state index is 13.0. The van der Waals surface area contributed by atoms with Gasteiger partial charge in [0.2, 0.25) is 10.0 Å². The average Bonchev–Trinajstić information content (AvgIpc) is 2.85. The molecule has 0 amide bonds. The summed E-state index contributed by atoms with van der Waals surface area (Å²) in [5, 5.41) is 27.1. The molecular formula is C21H27N7O3S. The summed E-state index contributed by atoms with van der Waals surface area (Å²) < 4.78 is 27.4. The number of nitriles is 1. The summed E-state index contributed by atoms with van der Waals surface area (Å²) >= 11 is 0. The van der Waals surface area contributed by atoms with Crippen molar-refractivity contribution in [2.75, 3.05) is 75.3 Å². The fraction of sp³-hybridized carbons (Fsp3) is 0.476. The van der Waals surface area contributed by atoms with Crippen LogP contribution in [0.25, 0.3) is 0 Å². The zero-order valence-electron chi connectivity index (χ0n) is 17.8. The van der Waals surface area contributed by atoms with Crippen molar-refractivity contribution in [3.05, 3.63) is 42.0 Å². The molecule has 0 unspecified atom stereocenters. The van der Waals surface area contributed by atoms with E-state index in [9.17, 15) is 13.7 Å². The topological polar surface area (TPSA) is 117 Å². The van der Waals surface area contributed by atoms with Gasteiger partial charge in [0, 0.05) is 58.9 Å². The molecule has 2 saturated heterocycles. The normalized spacial score (nSPS) is 18.5. The molecule has 2 aromatic rings. The first-order chi connectivity index (χ1) is 15.5. The summed E-state index contributed by atoms with van der Waals surface area (Å²) in [4.78, 5) is 6.49. The van der Waals surface area contributed by atoms with Crippen LogP contribution in [0.5, 0.6) is 0 Å². The van der Waals surface area contributed by atoms with Crippen LogP contribution >= 0.6 is 0 Å². The van der Waals surface area contributed by atoms with Crippen LogP contribution in [0.15, 0.2) is 41.3 Å². The molecule has 1 aromatic heterocycles. The Kier molecular flexibility index (Phi) is 6.86. The molecular weight excluding hydrogens is 430 g/mol. The molecule has 11 heteroatoms. The molecule has 2 fully saturated rings. The van der Waals surface area contributed by atoms with Crippen molar-refractivity contribution in [3.63, 3.8) is 0 Å². The van der Waals surface area contributed by atoms with Gasteiger partial charge in [-0.2, -0.15) is 9.57 Å². The number of nitrogens with zero attached hydrogens (tertiary/aromatic N) is 7. The molecule has 0 radical (unpaired) electrons. The lowest BCUT2D eigenvalue weighted by atomic mass is 10.2. The molecule has 2 aliphatic heterocycles. The van der Waals surface area contributed by atoms with Gasteiger partial charge in [0.05, 0.1) is 17.1 Å². The van der Waals surface area contributed by atoms with Crippen molar-refractivity contribution in [2.24, 2.45) is 0 Å². The van der Waals surface area contributed by atoms with Gasteiger partial charge in [0.1, 0.15) is 6.07 Å². The number of β-amino-alcohol motifs (C(OH)–C–C–N with tert-alkyl or cyclic N) is 1. The van der Waals surface area contributed by atoms with Gasteiger partial charge in [0.25, 0.3) is 0 Å². The van der Waals surface area contributed by atoms with Crippen LogP contribution in [-0.2, 0) is 10.0 Å². The highest BCUT2D eigenvalue weighted by Gasteiger charge is 2.30. The molecule has 0 atom stereocenters. The zero-order valence-corrected chi connectivity index (χ0v) is 18.7. The highest BCUT2D eigenvalue weighted by Crippen LogP contribution is 2.23. The summed E-state index contributed by atoms with van der Waals surface area (Å²) in [7, 11) is -3.72. The Balaban J connectivity index is 1.36. The third-order valence-electron chi connectivity index (χ3n) is 5.94. The Labute approximate surface area is 188 Å². The lowest BCUT2D eigenvalue weighted by Gasteiger charge is -2.36. The van der Waals surface area contributed by atoms with Gasteiger partial charge in [-0.3, -0.25) is 4.90 Å². The Hall–Kier alpha value is -2.78. The summed E-state index contributed by atoms with van der Waals surface area (Å²) in [6, 6.07) is 12.1. The fourth-order valence-corrected chi connectivity index (χ4v) is 5.64. The smallest absolute Gasteiger partial charge is 0.244 e. The minimum atomic E-state index is -3.72. The monoisotopic (exact) mass is 457 g/mol. The third-order valence-corrected chi connectivity index (χ3v) is 7.89. The molecule has 3 heterocycles. The number of aliphatic hydroxyl groups is 1. The van der Waals surface area contributed by atoms with Gasteiger partial charge in [-0.1, -0.05) is 12.1 Å². The van der Waals surface area contributed by atoms with Gasteiger partial charge < -0.3 is 14.9 Å². The maximum atomic E-state index is 13.0. The van der Waals surface area contributed by atoms with Gasteiger partial charge in [0.15, 0.2) is 11.6 Å². The second-order valence-electron chi connectivity index (χ2n) is 7.80. The van der Waals surface area contributed by atoms with Crippen molar-refractivity contribution >= 4 is 21.7 Å². The van der Waals surface area contributed by atoms with Gasteiger partial charge in [-0.15, -0.1) is 10.2 Å². The van der Waals surface area contributed by atoms with Crippen LogP contribution in [0.2, 0.25) is 0 Å². The molecule has 1 aromatic carbocycles. The van der Waals surface area contributed by atoms with Crippen molar-refractivity contribution in [1.29, 1.82) is 5.26 Å². The molecule has 0 aliphatic carbocycles. The molecule has 170 valence electrons. The van der Waals surface area contributed by atoms with Gasteiger partial charge in [-0.25, -0.2) is 8.42 Å². The fourth-order valence-electron chi connectivity index (χ4n) is 4.08. The minimum Gasteiger partial charge on any atom is -0.395 e. The summed E-state index contributed by atoms with van der Waals surface area (Å²) in [5.41, 5.74) is 0.161. The Morgan fingerprint density at radius 2 is 1.44 bits per heavy atom.